The lowest BCUT2D eigenvalue weighted by atomic mass is 10.1. The first-order valence-electron chi connectivity index (χ1n) is 8.92. The monoisotopic (exact) mass is 373 g/mol. The Kier molecular flexibility index (Phi) is 3.75. The molecule has 8 nitrogen and oxygen atoms in total. The molecule has 8 heteroatoms. The molecule has 0 aliphatic heterocycles. The predicted octanol–water partition coefficient (Wildman–Crippen LogP) is 3.00. The van der Waals surface area contributed by atoms with Crippen molar-refractivity contribution in [1.82, 2.24) is 28.8 Å². The van der Waals surface area contributed by atoms with Crippen molar-refractivity contribution in [2.24, 2.45) is 7.05 Å². The van der Waals surface area contributed by atoms with Crippen molar-refractivity contribution in [1.29, 1.82) is 0 Å². The van der Waals surface area contributed by atoms with E-state index in [2.05, 4.69) is 20.5 Å². The summed E-state index contributed by atoms with van der Waals surface area (Å²) >= 11 is 0. The van der Waals surface area contributed by atoms with Crippen molar-refractivity contribution in [3.63, 3.8) is 0 Å². The van der Waals surface area contributed by atoms with Crippen LogP contribution in [0.1, 0.15) is 5.56 Å². The summed E-state index contributed by atoms with van der Waals surface area (Å²) in [6, 6.07) is 7.95. The van der Waals surface area contributed by atoms with Gasteiger partial charge in [0.1, 0.15) is 22.7 Å². The fraction of sp³-hybridized carbons (Fsp3) is 0.150. The summed E-state index contributed by atoms with van der Waals surface area (Å²) < 4.78 is 11.3. The van der Waals surface area contributed by atoms with Gasteiger partial charge in [-0.2, -0.15) is 10.2 Å². The quantitative estimate of drug-likeness (QED) is 0.513. The molecule has 0 saturated heterocycles. The molecule has 28 heavy (non-hydrogen) atoms. The van der Waals surface area contributed by atoms with Crippen LogP contribution in [0.3, 0.4) is 0 Å². The van der Waals surface area contributed by atoms with Gasteiger partial charge in [-0.25, -0.2) is 9.50 Å². The fourth-order valence-electron chi connectivity index (χ4n) is 3.41. The first-order valence-corrected chi connectivity index (χ1v) is 8.92. The normalized spacial score (nSPS) is 11.4. The minimum absolute atomic E-state index is 0.606. The van der Waals surface area contributed by atoms with E-state index in [9.17, 15) is 0 Å². The number of rotatable bonds is 5. The molecule has 0 aliphatic rings. The number of fused-ring (bicyclic) bond motifs is 2. The Morgan fingerprint density at radius 1 is 1.07 bits per heavy atom. The molecule has 1 N–H and O–H groups in total. The number of aromatic nitrogens is 6. The van der Waals surface area contributed by atoms with Crippen LogP contribution in [0.25, 0.3) is 22.3 Å². The van der Waals surface area contributed by atoms with E-state index in [1.165, 1.54) is 0 Å². The third-order valence-corrected chi connectivity index (χ3v) is 4.79. The third kappa shape index (κ3) is 2.66. The Bertz CT molecular complexity index is 1280. The van der Waals surface area contributed by atoms with Gasteiger partial charge in [-0.05, 0) is 18.2 Å². The maximum atomic E-state index is 5.67. The van der Waals surface area contributed by atoms with E-state index in [-0.39, 0.29) is 0 Å². The molecule has 0 aromatic carbocycles. The molecular weight excluding hydrogens is 354 g/mol. The van der Waals surface area contributed by atoms with Crippen molar-refractivity contribution >= 4 is 17.0 Å². The minimum Gasteiger partial charge on any atom is -0.494 e. The van der Waals surface area contributed by atoms with Gasteiger partial charge in [0.2, 0.25) is 0 Å². The van der Waals surface area contributed by atoms with Gasteiger partial charge in [0.25, 0.3) is 0 Å². The highest BCUT2D eigenvalue weighted by Crippen LogP contribution is 2.30. The highest BCUT2D eigenvalue weighted by Gasteiger charge is 2.14. The zero-order valence-electron chi connectivity index (χ0n) is 15.6. The van der Waals surface area contributed by atoms with E-state index in [1.54, 1.807) is 11.8 Å². The smallest absolute Gasteiger partial charge is 0.145 e. The van der Waals surface area contributed by atoms with Gasteiger partial charge in [-0.15, -0.1) is 0 Å². The van der Waals surface area contributed by atoms with Gasteiger partial charge in [0, 0.05) is 48.9 Å². The van der Waals surface area contributed by atoms with Crippen LogP contribution in [0, 0.1) is 0 Å². The van der Waals surface area contributed by atoms with E-state index in [0.717, 1.165) is 39.4 Å². The molecule has 0 atom stereocenters. The zero-order valence-corrected chi connectivity index (χ0v) is 15.6. The van der Waals surface area contributed by atoms with Gasteiger partial charge in [-0.1, -0.05) is 6.07 Å². The Balaban J connectivity index is 1.50. The van der Waals surface area contributed by atoms with Crippen LogP contribution in [0.15, 0.2) is 61.4 Å². The summed E-state index contributed by atoms with van der Waals surface area (Å²) in [6.07, 6.45) is 11.5. The molecule has 0 saturated carbocycles. The maximum Gasteiger partial charge on any atom is 0.145 e. The first-order chi connectivity index (χ1) is 13.7. The summed E-state index contributed by atoms with van der Waals surface area (Å²) in [7, 11) is 3.58. The van der Waals surface area contributed by atoms with Crippen molar-refractivity contribution in [2.45, 2.75) is 6.54 Å². The molecule has 0 unspecified atom stereocenters. The zero-order chi connectivity index (χ0) is 19.1. The van der Waals surface area contributed by atoms with Gasteiger partial charge in [0.05, 0.1) is 25.7 Å². The lowest BCUT2D eigenvalue weighted by Gasteiger charge is -2.09. The molecule has 0 amide bonds. The molecule has 0 fully saturated rings. The van der Waals surface area contributed by atoms with Gasteiger partial charge >= 0.3 is 0 Å². The van der Waals surface area contributed by atoms with E-state index >= 15 is 0 Å². The van der Waals surface area contributed by atoms with Crippen molar-refractivity contribution in [2.75, 3.05) is 12.4 Å². The standard InChI is InChI=1S/C20H19N7O/c1-25-12-16(10-23-25)14-7-17(28-2)20-15(9-24-27(20)13-14)8-21-19-11-22-18-5-3-4-6-26(18)19/h3-7,9-13,21H,8H2,1-2H3. The fourth-order valence-corrected chi connectivity index (χ4v) is 3.41. The number of hydrogen-bond donors (Lipinski definition) is 1. The van der Waals surface area contributed by atoms with Crippen LogP contribution in [0.5, 0.6) is 5.75 Å². The predicted molar refractivity (Wildman–Crippen MR) is 106 cm³/mol. The first kappa shape index (κ1) is 16.4. The second kappa shape index (κ2) is 6.41. The molecule has 0 bridgehead atoms. The third-order valence-electron chi connectivity index (χ3n) is 4.79. The molecule has 5 heterocycles. The second-order valence-electron chi connectivity index (χ2n) is 6.59. The molecule has 0 radical (unpaired) electrons. The Morgan fingerprint density at radius 3 is 2.82 bits per heavy atom. The number of hydrogen-bond acceptors (Lipinski definition) is 5. The molecule has 5 aromatic rings. The number of nitrogens with one attached hydrogen (secondary N) is 1. The van der Waals surface area contributed by atoms with E-state index in [1.807, 2.05) is 77.4 Å². The highest BCUT2D eigenvalue weighted by atomic mass is 16.5. The molecule has 0 aliphatic carbocycles. The SMILES string of the molecule is COc1cc(-c2cnn(C)c2)cn2ncc(CNc3cnc4ccccn34)c12. The largest absolute Gasteiger partial charge is 0.494 e. The topological polar surface area (TPSA) is 73.7 Å². The van der Waals surface area contributed by atoms with Crippen molar-refractivity contribution < 1.29 is 4.74 Å². The lowest BCUT2D eigenvalue weighted by molar-refractivity contribution is 0.417. The summed E-state index contributed by atoms with van der Waals surface area (Å²) in [5.74, 6) is 1.70. The van der Waals surface area contributed by atoms with Crippen LogP contribution in [0.4, 0.5) is 5.82 Å². The average molecular weight is 373 g/mol. The molecule has 5 rings (SSSR count). The number of methoxy groups -OCH3 is 1. The number of pyridine rings is 2. The maximum absolute atomic E-state index is 5.67. The molecule has 140 valence electrons. The summed E-state index contributed by atoms with van der Waals surface area (Å²) in [5, 5.41) is 12.2. The Hall–Kier alpha value is -3.81. The lowest BCUT2D eigenvalue weighted by Crippen LogP contribution is -2.02. The average Bonchev–Trinajstić information content (AvgIpc) is 3.44. The van der Waals surface area contributed by atoms with E-state index in [0.29, 0.717) is 6.54 Å². The van der Waals surface area contributed by atoms with Crippen molar-refractivity contribution in [3.8, 4) is 16.9 Å². The minimum atomic E-state index is 0.606. The van der Waals surface area contributed by atoms with Crippen molar-refractivity contribution in [3.05, 3.63) is 67.0 Å². The number of imidazole rings is 1. The van der Waals surface area contributed by atoms with Crippen LogP contribution < -0.4 is 10.1 Å². The van der Waals surface area contributed by atoms with Gasteiger partial charge < -0.3 is 10.1 Å². The van der Waals surface area contributed by atoms with Gasteiger partial charge in [-0.3, -0.25) is 9.08 Å². The Labute approximate surface area is 161 Å². The number of aryl methyl sites for hydroxylation is 1. The number of ether oxygens (including phenoxy) is 1. The Morgan fingerprint density at radius 2 is 2.00 bits per heavy atom. The van der Waals surface area contributed by atoms with E-state index < -0.39 is 0 Å². The molecular formula is C20H19N7O. The van der Waals surface area contributed by atoms with Crippen LogP contribution in [-0.4, -0.2) is 35.9 Å². The second-order valence-corrected chi connectivity index (χ2v) is 6.59. The number of nitrogens with zero attached hydrogens (tertiary/aromatic N) is 6. The van der Waals surface area contributed by atoms with Gasteiger partial charge in [0.15, 0.2) is 0 Å². The van der Waals surface area contributed by atoms with Crippen LogP contribution in [-0.2, 0) is 13.6 Å². The van der Waals surface area contributed by atoms with Crippen LogP contribution in [0.2, 0.25) is 0 Å². The summed E-state index contributed by atoms with van der Waals surface area (Å²) in [5.41, 5.74) is 4.91. The van der Waals surface area contributed by atoms with Crippen LogP contribution >= 0.6 is 0 Å². The molecule has 0 spiro atoms. The number of anilines is 1. The molecule has 5 aromatic heterocycles. The highest BCUT2D eigenvalue weighted by molar-refractivity contribution is 5.73. The van der Waals surface area contributed by atoms with E-state index in [4.69, 9.17) is 4.74 Å². The summed E-state index contributed by atoms with van der Waals surface area (Å²) in [4.78, 5) is 4.41. The summed E-state index contributed by atoms with van der Waals surface area (Å²) in [6.45, 7) is 0.606.